The van der Waals surface area contributed by atoms with Crippen LogP contribution in [0.15, 0.2) is 6.07 Å². The molecule has 18 heavy (non-hydrogen) atoms. The highest BCUT2D eigenvalue weighted by Gasteiger charge is 2.16. The Kier molecular flexibility index (Phi) is 4.93. The summed E-state index contributed by atoms with van der Waals surface area (Å²) in [5, 5.41) is 11.0. The van der Waals surface area contributed by atoms with Gasteiger partial charge in [0.05, 0.1) is 5.56 Å². The smallest absolute Gasteiger partial charge is 0.238 e. The van der Waals surface area contributed by atoms with Crippen LogP contribution in [0.4, 0.5) is 5.82 Å². The third-order valence-electron chi connectivity index (χ3n) is 2.43. The molecule has 0 saturated heterocycles. The van der Waals surface area contributed by atoms with E-state index in [0.717, 1.165) is 5.56 Å². The largest absolute Gasteiger partial charge is 0.273 e. The van der Waals surface area contributed by atoms with Crippen molar-refractivity contribution < 1.29 is 4.79 Å². The van der Waals surface area contributed by atoms with Crippen LogP contribution in [-0.2, 0) is 4.79 Å². The average Bonchev–Trinajstić information content (AvgIpc) is 2.34. The highest BCUT2D eigenvalue weighted by molar-refractivity contribution is 6.29. The third kappa shape index (κ3) is 3.11. The minimum atomic E-state index is -0.139. The molecule has 0 atom stereocenters. The third-order valence-corrected chi connectivity index (χ3v) is 2.62. The Labute approximate surface area is 111 Å². The van der Waals surface area contributed by atoms with Crippen molar-refractivity contribution >= 4 is 23.3 Å². The van der Waals surface area contributed by atoms with E-state index in [1.54, 1.807) is 19.9 Å². The van der Waals surface area contributed by atoms with E-state index in [9.17, 15) is 4.79 Å². The minimum Gasteiger partial charge on any atom is -0.273 e. The summed E-state index contributed by atoms with van der Waals surface area (Å²) >= 11 is 5.89. The zero-order chi connectivity index (χ0) is 13.7. The topological polar surface area (TPSA) is 69.0 Å². The van der Waals surface area contributed by atoms with Gasteiger partial charge in [0.2, 0.25) is 5.91 Å². The summed E-state index contributed by atoms with van der Waals surface area (Å²) in [7, 11) is 0. The van der Waals surface area contributed by atoms with E-state index in [4.69, 9.17) is 16.9 Å². The normalized spacial score (nSPS) is 9.72. The van der Waals surface area contributed by atoms with Crippen molar-refractivity contribution in [3.05, 3.63) is 22.3 Å². The number of rotatable bonds is 4. The molecule has 0 saturated carbocycles. The van der Waals surface area contributed by atoms with Gasteiger partial charge in [-0.25, -0.2) is 4.98 Å². The second kappa shape index (κ2) is 6.22. The Hall–Kier alpha value is -1.80. The summed E-state index contributed by atoms with van der Waals surface area (Å²) in [6, 6.07) is 3.71. The van der Waals surface area contributed by atoms with Crippen LogP contribution in [0, 0.1) is 18.3 Å². The fraction of sp³-hybridized carbons (Fsp3) is 0.417. The molecule has 0 spiro atoms. The van der Waals surface area contributed by atoms with Gasteiger partial charge in [0.1, 0.15) is 11.2 Å². The molecular weight excluding hydrogens is 252 g/mol. The minimum absolute atomic E-state index is 0.139. The molecule has 6 heteroatoms. The van der Waals surface area contributed by atoms with E-state index in [1.807, 2.05) is 6.92 Å². The first kappa shape index (κ1) is 14.3. The van der Waals surface area contributed by atoms with Gasteiger partial charge in [-0.05, 0) is 25.5 Å². The number of nitriles is 1. The van der Waals surface area contributed by atoms with E-state index >= 15 is 0 Å². The lowest BCUT2D eigenvalue weighted by Crippen LogP contribution is -2.43. The molecule has 0 radical (unpaired) electrons. The number of aryl methyl sites for hydroxylation is 1. The highest BCUT2D eigenvalue weighted by atomic mass is 35.5. The first-order valence-corrected chi connectivity index (χ1v) is 6.05. The molecule has 1 rings (SSSR count). The Balaban J connectivity index is 3.20. The molecule has 0 fully saturated rings. The number of nitrogens with zero attached hydrogens (tertiary/aromatic N) is 3. The van der Waals surface area contributed by atoms with Crippen molar-refractivity contribution in [1.82, 2.24) is 10.4 Å². The summed E-state index contributed by atoms with van der Waals surface area (Å²) in [4.78, 5) is 15.5. The molecule has 0 bridgehead atoms. The molecule has 1 aromatic rings. The first-order valence-electron chi connectivity index (χ1n) is 5.67. The molecule has 0 unspecified atom stereocenters. The van der Waals surface area contributed by atoms with Gasteiger partial charge < -0.3 is 0 Å². The maximum absolute atomic E-state index is 11.4. The molecule has 1 N–H and O–H groups in total. The van der Waals surface area contributed by atoms with Crippen LogP contribution in [0.25, 0.3) is 0 Å². The van der Waals surface area contributed by atoms with Gasteiger partial charge in [-0.3, -0.25) is 15.2 Å². The van der Waals surface area contributed by atoms with Crippen LogP contribution >= 0.6 is 11.6 Å². The number of hydrogen-bond acceptors (Lipinski definition) is 4. The number of pyridine rings is 1. The molecule has 0 aliphatic rings. The monoisotopic (exact) mass is 266 g/mol. The van der Waals surface area contributed by atoms with E-state index in [1.165, 1.54) is 5.01 Å². The summed E-state index contributed by atoms with van der Waals surface area (Å²) in [6.07, 6.45) is 0.359. The lowest BCUT2D eigenvalue weighted by atomic mass is 10.1. The fourth-order valence-electron chi connectivity index (χ4n) is 1.46. The number of halogens is 1. The molecular formula is C12H15ClN4O. The zero-order valence-electron chi connectivity index (χ0n) is 10.6. The van der Waals surface area contributed by atoms with Crippen molar-refractivity contribution in [2.45, 2.75) is 27.2 Å². The molecule has 0 aliphatic heterocycles. The van der Waals surface area contributed by atoms with Crippen LogP contribution in [0.5, 0.6) is 0 Å². The summed E-state index contributed by atoms with van der Waals surface area (Å²) in [5.74, 6) is 0.243. The van der Waals surface area contributed by atoms with Gasteiger partial charge >= 0.3 is 0 Å². The number of hydrogen-bond donors (Lipinski definition) is 1. The van der Waals surface area contributed by atoms with Crippen LogP contribution in [-0.4, -0.2) is 17.4 Å². The standard InChI is InChI=1S/C12H15ClN4O/c1-4-11(18)16-17(5-2)12-9(7-14)8(3)6-10(13)15-12/h6H,4-5H2,1-3H3,(H,16,18). The predicted molar refractivity (Wildman–Crippen MR) is 70.2 cm³/mol. The quantitative estimate of drug-likeness (QED) is 0.670. The van der Waals surface area contributed by atoms with Crippen molar-refractivity contribution in [3.63, 3.8) is 0 Å². The van der Waals surface area contributed by atoms with E-state index in [0.29, 0.717) is 29.5 Å². The molecule has 1 aromatic heterocycles. The van der Waals surface area contributed by atoms with Crippen LogP contribution in [0.2, 0.25) is 5.15 Å². The number of carbonyl (C=O) groups is 1. The van der Waals surface area contributed by atoms with Crippen molar-refractivity contribution in [2.75, 3.05) is 11.6 Å². The summed E-state index contributed by atoms with van der Waals surface area (Å²) in [5.41, 5.74) is 3.83. The van der Waals surface area contributed by atoms with E-state index < -0.39 is 0 Å². The number of nitrogens with one attached hydrogen (secondary N) is 1. The summed E-state index contributed by atoms with van der Waals surface area (Å²) in [6.45, 7) is 5.89. The molecule has 1 amide bonds. The second-order valence-electron chi connectivity index (χ2n) is 3.71. The zero-order valence-corrected chi connectivity index (χ0v) is 11.4. The number of anilines is 1. The molecule has 96 valence electrons. The number of carbonyl (C=O) groups excluding carboxylic acids is 1. The maximum Gasteiger partial charge on any atom is 0.238 e. The van der Waals surface area contributed by atoms with Gasteiger partial charge in [-0.2, -0.15) is 5.26 Å². The SMILES string of the molecule is CCC(=O)NN(CC)c1nc(Cl)cc(C)c1C#N. The lowest BCUT2D eigenvalue weighted by molar-refractivity contribution is -0.120. The molecule has 0 aliphatic carbocycles. The number of hydrazine groups is 1. The average molecular weight is 267 g/mol. The Morgan fingerprint density at radius 1 is 1.61 bits per heavy atom. The number of aromatic nitrogens is 1. The lowest BCUT2D eigenvalue weighted by Gasteiger charge is -2.24. The van der Waals surface area contributed by atoms with Crippen LogP contribution in [0.3, 0.4) is 0 Å². The predicted octanol–water partition coefficient (Wildman–Crippen LogP) is 2.18. The van der Waals surface area contributed by atoms with E-state index in [-0.39, 0.29) is 5.91 Å². The second-order valence-corrected chi connectivity index (χ2v) is 4.09. The van der Waals surface area contributed by atoms with Gasteiger partial charge in [0.15, 0.2) is 5.82 Å². The fourth-order valence-corrected chi connectivity index (χ4v) is 1.71. The van der Waals surface area contributed by atoms with Crippen molar-refractivity contribution in [2.24, 2.45) is 0 Å². The van der Waals surface area contributed by atoms with Gasteiger partial charge in [-0.1, -0.05) is 18.5 Å². The van der Waals surface area contributed by atoms with Gasteiger partial charge in [0.25, 0.3) is 0 Å². The first-order chi connectivity index (χ1) is 8.53. The molecule has 0 aromatic carbocycles. The van der Waals surface area contributed by atoms with E-state index in [2.05, 4.69) is 16.5 Å². The van der Waals surface area contributed by atoms with Crippen molar-refractivity contribution in [3.8, 4) is 6.07 Å². The van der Waals surface area contributed by atoms with Gasteiger partial charge in [0, 0.05) is 13.0 Å². The number of amides is 1. The highest BCUT2D eigenvalue weighted by Crippen LogP contribution is 2.22. The Bertz CT molecular complexity index is 496. The Morgan fingerprint density at radius 3 is 2.78 bits per heavy atom. The Morgan fingerprint density at radius 2 is 2.28 bits per heavy atom. The van der Waals surface area contributed by atoms with Crippen LogP contribution < -0.4 is 10.4 Å². The summed E-state index contributed by atoms with van der Waals surface area (Å²) < 4.78 is 0. The molecule has 1 heterocycles. The van der Waals surface area contributed by atoms with Crippen LogP contribution in [0.1, 0.15) is 31.4 Å². The maximum atomic E-state index is 11.4. The molecule has 5 nitrogen and oxygen atoms in total. The van der Waals surface area contributed by atoms with Gasteiger partial charge in [-0.15, -0.1) is 0 Å². The van der Waals surface area contributed by atoms with Crippen molar-refractivity contribution in [1.29, 1.82) is 5.26 Å².